The number of nitrogens with one attached hydrogen (secondary N) is 1. The molecule has 156 valence electrons. The van der Waals surface area contributed by atoms with Gasteiger partial charge in [-0.2, -0.15) is 0 Å². The number of hydrogen-bond acceptors (Lipinski definition) is 6. The molecule has 0 atom stereocenters. The fourth-order valence-electron chi connectivity index (χ4n) is 3.31. The van der Waals surface area contributed by atoms with Crippen LogP contribution in [0, 0.1) is 0 Å². The van der Waals surface area contributed by atoms with E-state index in [0.29, 0.717) is 0 Å². The highest BCUT2D eigenvalue weighted by atomic mass is 32.2. The van der Waals surface area contributed by atoms with Crippen LogP contribution in [0.1, 0.15) is 17.0 Å². The van der Waals surface area contributed by atoms with E-state index in [-0.39, 0.29) is 28.3 Å². The highest BCUT2D eigenvalue weighted by Gasteiger charge is 2.25. The predicted octanol–water partition coefficient (Wildman–Crippen LogP) is 3.91. The lowest BCUT2D eigenvalue weighted by Crippen LogP contribution is -2.22. The molecular formula is C23H19N3O4S. The number of anilines is 1. The molecule has 1 heterocycles. The molecule has 0 saturated heterocycles. The second-order valence-electron chi connectivity index (χ2n) is 6.92. The maximum absolute atomic E-state index is 13.2. The normalized spacial score (nSPS) is 11.4. The van der Waals surface area contributed by atoms with Gasteiger partial charge < -0.3 is 4.42 Å². The second-order valence-corrected chi connectivity index (χ2v) is 8.91. The van der Waals surface area contributed by atoms with Crippen LogP contribution in [0.15, 0.2) is 94.2 Å². The van der Waals surface area contributed by atoms with Crippen LogP contribution in [0.5, 0.6) is 0 Å². The van der Waals surface area contributed by atoms with Crippen LogP contribution in [-0.4, -0.2) is 30.8 Å². The highest BCUT2D eigenvalue weighted by molar-refractivity contribution is 7.90. The summed E-state index contributed by atoms with van der Waals surface area (Å²) in [6.45, 7) is 0. The molecular weight excluding hydrogens is 414 g/mol. The van der Waals surface area contributed by atoms with Gasteiger partial charge in [-0.15, -0.1) is 5.10 Å². The average Bonchev–Trinajstić information content (AvgIpc) is 3.23. The number of benzene rings is 3. The van der Waals surface area contributed by atoms with E-state index in [0.717, 1.165) is 17.4 Å². The SMILES string of the molecule is CS(=O)(=O)c1ccccc1-c1nnc(NC(=O)C(c2ccccc2)c2ccccc2)o1. The zero-order chi connectivity index (χ0) is 21.8. The molecule has 4 rings (SSSR count). The van der Waals surface area contributed by atoms with Gasteiger partial charge in [-0.25, -0.2) is 8.42 Å². The molecule has 0 unspecified atom stereocenters. The fraction of sp³-hybridized carbons (Fsp3) is 0.0870. The van der Waals surface area contributed by atoms with E-state index in [2.05, 4.69) is 15.5 Å². The molecule has 0 fully saturated rings. The minimum Gasteiger partial charge on any atom is -0.403 e. The van der Waals surface area contributed by atoms with Crippen molar-refractivity contribution in [2.75, 3.05) is 11.6 Å². The Morgan fingerprint density at radius 1 is 0.839 bits per heavy atom. The predicted molar refractivity (Wildman–Crippen MR) is 116 cm³/mol. The van der Waals surface area contributed by atoms with Crippen LogP contribution in [0.25, 0.3) is 11.5 Å². The summed E-state index contributed by atoms with van der Waals surface area (Å²) in [5, 5.41) is 10.5. The van der Waals surface area contributed by atoms with Crippen molar-refractivity contribution in [2.45, 2.75) is 10.8 Å². The van der Waals surface area contributed by atoms with Gasteiger partial charge in [-0.3, -0.25) is 10.1 Å². The average molecular weight is 433 g/mol. The van der Waals surface area contributed by atoms with E-state index in [4.69, 9.17) is 4.42 Å². The van der Waals surface area contributed by atoms with Crippen LogP contribution in [-0.2, 0) is 14.6 Å². The van der Waals surface area contributed by atoms with Crippen LogP contribution in [0.3, 0.4) is 0 Å². The first-order chi connectivity index (χ1) is 14.9. The third-order valence-corrected chi connectivity index (χ3v) is 5.86. The summed E-state index contributed by atoms with van der Waals surface area (Å²) < 4.78 is 29.7. The van der Waals surface area contributed by atoms with Gasteiger partial charge in [0.2, 0.25) is 5.91 Å². The lowest BCUT2D eigenvalue weighted by atomic mass is 9.90. The van der Waals surface area contributed by atoms with E-state index in [1.807, 2.05) is 60.7 Å². The number of amides is 1. The van der Waals surface area contributed by atoms with Gasteiger partial charge in [0.05, 0.1) is 16.4 Å². The smallest absolute Gasteiger partial charge is 0.322 e. The fourth-order valence-corrected chi connectivity index (χ4v) is 4.19. The Morgan fingerprint density at radius 2 is 1.39 bits per heavy atom. The van der Waals surface area contributed by atoms with Crippen molar-refractivity contribution in [2.24, 2.45) is 0 Å². The maximum atomic E-state index is 13.2. The van der Waals surface area contributed by atoms with Gasteiger partial charge in [-0.05, 0) is 23.3 Å². The molecule has 31 heavy (non-hydrogen) atoms. The summed E-state index contributed by atoms with van der Waals surface area (Å²) in [5.41, 5.74) is 1.90. The molecule has 0 spiro atoms. The third kappa shape index (κ3) is 4.54. The number of carbonyl (C=O) groups excluding carboxylic acids is 1. The van der Waals surface area contributed by atoms with Crippen LogP contribution >= 0.6 is 0 Å². The van der Waals surface area contributed by atoms with Crippen LogP contribution in [0.2, 0.25) is 0 Å². The first kappa shape index (κ1) is 20.5. The molecule has 8 heteroatoms. The quantitative estimate of drug-likeness (QED) is 0.495. The number of carbonyl (C=O) groups is 1. The molecule has 3 aromatic carbocycles. The topological polar surface area (TPSA) is 102 Å². The minimum atomic E-state index is -3.50. The van der Waals surface area contributed by atoms with Crippen molar-refractivity contribution in [1.29, 1.82) is 0 Å². The summed E-state index contributed by atoms with van der Waals surface area (Å²) in [6, 6.07) is 24.9. The molecule has 1 aromatic heterocycles. The number of hydrogen-bond donors (Lipinski definition) is 1. The van der Waals surface area contributed by atoms with E-state index in [1.165, 1.54) is 6.07 Å². The molecule has 0 bridgehead atoms. The Bertz CT molecular complexity index is 1260. The second kappa shape index (κ2) is 8.53. The Kier molecular flexibility index (Phi) is 5.64. The van der Waals surface area contributed by atoms with Crippen LogP contribution < -0.4 is 5.32 Å². The zero-order valence-electron chi connectivity index (χ0n) is 16.6. The number of aromatic nitrogens is 2. The standard InChI is InChI=1S/C23H19N3O4S/c1-31(28,29)19-15-9-8-14-18(19)22-25-26-23(30-22)24-21(27)20(16-10-4-2-5-11-16)17-12-6-3-7-13-17/h2-15,20H,1H3,(H,24,26,27). The molecule has 1 N–H and O–H groups in total. The van der Waals surface area contributed by atoms with E-state index < -0.39 is 15.8 Å². The minimum absolute atomic E-state index is 0.00676. The van der Waals surface area contributed by atoms with Gasteiger partial charge in [-0.1, -0.05) is 77.9 Å². The van der Waals surface area contributed by atoms with Gasteiger partial charge in [0.25, 0.3) is 5.89 Å². The number of rotatable bonds is 6. The molecule has 0 aliphatic heterocycles. The van der Waals surface area contributed by atoms with Crippen molar-refractivity contribution in [3.63, 3.8) is 0 Å². The highest BCUT2D eigenvalue weighted by Crippen LogP contribution is 2.29. The van der Waals surface area contributed by atoms with Crippen molar-refractivity contribution >= 4 is 21.8 Å². The molecule has 0 radical (unpaired) electrons. The lowest BCUT2D eigenvalue weighted by Gasteiger charge is -2.16. The van der Waals surface area contributed by atoms with Crippen molar-refractivity contribution in [1.82, 2.24) is 10.2 Å². The van der Waals surface area contributed by atoms with Crippen molar-refractivity contribution < 1.29 is 17.6 Å². The summed E-state index contributed by atoms with van der Waals surface area (Å²) in [5.74, 6) is -0.919. The monoisotopic (exact) mass is 433 g/mol. The molecule has 0 saturated carbocycles. The van der Waals surface area contributed by atoms with Gasteiger partial charge in [0, 0.05) is 6.26 Å². The van der Waals surface area contributed by atoms with E-state index in [1.54, 1.807) is 18.2 Å². The Balaban J connectivity index is 1.64. The molecule has 7 nitrogen and oxygen atoms in total. The lowest BCUT2D eigenvalue weighted by molar-refractivity contribution is -0.116. The third-order valence-electron chi connectivity index (χ3n) is 4.70. The number of sulfone groups is 1. The van der Waals surface area contributed by atoms with Gasteiger partial charge in [0.15, 0.2) is 9.84 Å². The van der Waals surface area contributed by atoms with Gasteiger partial charge in [0.1, 0.15) is 0 Å². The van der Waals surface area contributed by atoms with Crippen LogP contribution in [0.4, 0.5) is 6.01 Å². The zero-order valence-corrected chi connectivity index (χ0v) is 17.4. The molecule has 0 aliphatic rings. The van der Waals surface area contributed by atoms with E-state index >= 15 is 0 Å². The van der Waals surface area contributed by atoms with Crippen molar-refractivity contribution in [3.05, 3.63) is 96.1 Å². The van der Waals surface area contributed by atoms with Gasteiger partial charge >= 0.3 is 6.01 Å². The first-order valence-corrected chi connectivity index (χ1v) is 11.4. The number of nitrogens with zero attached hydrogens (tertiary/aromatic N) is 2. The summed E-state index contributed by atoms with van der Waals surface area (Å²) in [4.78, 5) is 13.2. The Hall–Kier alpha value is -3.78. The molecule has 1 amide bonds. The largest absolute Gasteiger partial charge is 0.403 e. The molecule has 0 aliphatic carbocycles. The van der Waals surface area contributed by atoms with Crippen molar-refractivity contribution in [3.8, 4) is 11.5 Å². The van der Waals surface area contributed by atoms with E-state index in [9.17, 15) is 13.2 Å². The Morgan fingerprint density at radius 3 is 1.97 bits per heavy atom. The summed E-state index contributed by atoms with van der Waals surface area (Å²) >= 11 is 0. The Labute approximate surface area is 179 Å². The maximum Gasteiger partial charge on any atom is 0.322 e. The summed E-state index contributed by atoms with van der Waals surface area (Å²) in [7, 11) is -3.50. The summed E-state index contributed by atoms with van der Waals surface area (Å²) in [6.07, 6.45) is 1.11. The first-order valence-electron chi connectivity index (χ1n) is 9.47. The molecule has 4 aromatic rings.